The van der Waals surface area contributed by atoms with Gasteiger partial charge in [-0.25, -0.2) is 9.37 Å². The molecule has 0 saturated carbocycles. The number of rotatable bonds is 6. The van der Waals surface area contributed by atoms with Crippen LogP contribution in [-0.4, -0.2) is 33.3 Å². The van der Waals surface area contributed by atoms with Crippen molar-refractivity contribution >= 4 is 11.6 Å². The van der Waals surface area contributed by atoms with E-state index in [-0.39, 0.29) is 17.1 Å². The monoisotopic (exact) mass is 465 g/mol. The van der Waals surface area contributed by atoms with Crippen LogP contribution in [0.25, 0.3) is 11.3 Å². The van der Waals surface area contributed by atoms with Crippen molar-refractivity contribution in [1.82, 2.24) is 9.55 Å². The summed E-state index contributed by atoms with van der Waals surface area (Å²) < 4.78 is 59.9. The predicted molar refractivity (Wildman–Crippen MR) is 115 cm³/mol. The standard InChI is InChI=1S/C23H23F4N3O3/c1-13-7-5-6-8-17(13)28-20(31)15-9-16(24)14(10-19(15)33-12-23(25,26)27)18-11-30(4)21(29-18)22(2,3)32/h5-11,32H,12H2,1-4H3,(H,28,31). The number of aliphatic hydroxyl groups is 1. The number of anilines is 1. The van der Waals surface area contributed by atoms with E-state index in [2.05, 4.69) is 10.3 Å². The zero-order valence-electron chi connectivity index (χ0n) is 18.4. The number of para-hydroxylation sites is 1. The fourth-order valence-electron chi connectivity index (χ4n) is 3.27. The zero-order valence-corrected chi connectivity index (χ0v) is 18.4. The van der Waals surface area contributed by atoms with E-state index in [1.165, 1.54) is 24.6 Å². The zero-order chi connectivity index (χ0) is 24.6. The van der Waals surface area contributed by atoms with Crippen LogP contribution < -0.4 is 10.1 Å². The Kier molecular flexibility index (Phi) is 6.51. The summed E-state index contributed by atoms with van der Waals surface area (Å²) in [6, 6.07) is 8.60. The van der Waals surface area contributed by atoms with E-state index in [0.29, 0.717) is 11.3 Å². The maximum atomic E-state index is 15.0. The molecule has 0 saturated heterocycles. The van der Waals surface area contributed by atoms with Crippen LogP contribution in [0.2, 0.25) is 0 Å². The van der Waals surface area contributed by atoms with E-state index in [0.717, 1.165) is 12.1 Å². The lowest BCUT2D eigenvalue weighted by Gasteiger charge is -2.16. The largest absolute Gasteiger partial charge is 0.483 e. The Bertz CT molecular complexity index is 1180. The molecule has 1 amide bonds. The van der Waals surface area contributed by atoms with Gasteiger partial charge in [-0.2, -0.15) is 13.2 Å². The minimum atomic E-state index is -4.67. The maximum Gasteiger partial charge on any atom is 0.422 e. The molecule has 33 heavy (non-hydrogen) atoms. The molecule has 176 valence electrons. The first kappa shape index (κ1) is 24.2. The van der Waals surface area contributed by atoms with Crippen LogP contribution in [0.5, 0.6) is 5.75 Å². The van der Waals surface area contributed by atoms with Gasteiger partial charge in [0.1, 0.15) is 23.0 Å². The molecule has 0 fully saturated rings. The first-order valence-corrected chi connectivity index (χ1v) is 9.93. The van der Waals surface area contributed by atoms with Crippen molar-refractivity contribution in [2.75, 3.05) is 11.9 Å². The Morgan fingerprint density at radius 3 is 2.45 bits per heavy atom. The molecule has 3 rings (SSSR count). The molecule has 0 aliphatic heterocycles. The van der Waals surface area contributed by atoms with Gasteiger partial charge >= 0.3 is 6.18 Å². The van der Waals surface area contributed by atoms with Crippen LogP contribution in [0.15, 0.2) is 42.6 Å². The second kappa shape index (κ2) is 8.86. The van der Waals surface area contributed by atoms with Gasteiger partial charge in [0.25, 0.3) is 5.91 Å². The summed E-state index contributed by atoms with van der Waals surface area (Å²) in [4.78, 5) is 17.0. The third-order valence-corrected chi connectivity index (χ3v) is 4.80. The quantitative estimate of drug-likeness (QED) is 0.505. The molecule has 0 atom stereocenters. The van der Waals surface area contributed by atoms with Crippen molar-refractivity contribution in [3.8, 4) is 17.0 Å². The molecule has 2 N–H and O–H groups in total. The van der Waals surface area contributed by atoms with Crippen LogP contribution in [0.1, 0.15) is 35.6 Å². The van der Waals surface area contributed by atoms with Crippen LogP contribution >= 0.6 is 0 Å². The van der Waals surface area contributed by atoms with Crippen molar-refractivity contribution in [2.24, 2.45) is 7.05 Å². The highest BCUT2D eigenvalue weighted by atomic mass is 19.4. The molecular formula is C23H23F4N3O3. The fraction of sp³-hybridized carbons (Fsp3) is 0.304. The Balaban J connectivity index is 2.06. The van der Waals surface area contributed by atoms with Gasteiger partial charge in [0.15, 0.2) is 6.61 Å². The summed E-state index contributed by atoms with van der Waals surface area (Å²) in [5, 5.41) is 12.8. The van der Waals surface area contributed by atoms with Gasteiger partial charge in [0, 0.05) is 24.5 Å². The average Bonchev–Trinajstić information content (AvgIpc) is 3.09. The van der Waals surface area contributed by atoms with Gasteiger partial charge in [0.2, 0.25) is 0 Å². The minimum absolute atomic E-state index is 0.0647. The van der Waals surface area contributed by atoms with Crippen LogP contribution in [0, 0.1) is 12.7 Å². The van der Waals surface area contributed by atoms with Crippen LogP contribution in [0.4, 0.5) is 23.2 Å². The molecule has 2 aromatic carbocycles. The topological polar surface area (TPSA) is 76.4 Å². The second-order valence-electron chi connectivity index (χ2n) is 8.12. The predicted octanol–water partition coefficient (Wildman–Crippen LogP) is 4.96. The van der Waals surface area contributed by atoms with Crippen molar-refractivity contribution in [2.45, 2.75) is 32.5 Å². The molecule has 6 nitrogen and oxygen atoms in total. The molecule has 0 aliphatic rings. The Labute approximate surface area is 187 Å². The number of amides is 1. The Morgan fingerprint density at radius 2 is 1.88 bits per heavy atom. The summed E-state index contributed by atoms with van der Waals surface area (Å²) in [6.45, 7) is 3.06. The lowest BCUT2D eigenvalue weighted by molar-refractivity contribution is -0.153. The molecule has 0 radical (unpaired) electrons. The van der Waals surface area contributed by atoms with Gasteiger partial charge in [-0.1, -0.05) is 18.2 Å². The van der Waals surface area contributed by atoms with Gasteiger partial charge in [-0.3, -0.25) is 4.79 Å². The number of ether oxygens (including phenoxy) is 1. The van der Waals surface area contributed by atoms with E-state index in [1.54, 1.807) is 38.2 Å². The third-order valence-electron chi connectivity index (χ3n) is 4.80. The number of aryl methyl sites for hydroxylation is 2. The number of carbonyl (C=O) groups is 1. The number of nitrogens with zero attached hydrogens (tertiary/aromatic N) is 2. The number of alkyl halides is 3. The molecule has 10 heteroatoms. The van der Waals surface area contributed by atoms with Gasteiger partial charge in [-0.05, 0) is 44.5 Å². The molecule has 0 bridgehead atoms. The smallest absolute Gasteiger partial charge is 0.422 e. The molecule has 1 aromatic heterocycles. The SMILES string of the molecule is Cc1ccccc1NC(=O)c1cc(F)c(-c2cn(C)c(C(C)(C)O)n2)cc1OCC(F)(F)F. The first-order valence-electron chi connectivity index (χ1n) is 9.93. The Morgan fingerprint density at radius 1 is 1.21 bits per heavy atom. The van der Waals surface area contributed by atoms with Crippen molar-refractivity contribution in [1.29, 1.82) is 0 Å². The molecule has 0 spiro atoms. The van der Waals surface area contributed by atoms with E-state index >= 15 is 4.39 Å². The van der Waals surface area contributed by atoms with Gasteiger partial charge < -0.3 is 19.7 Å². The summed E-state index contributed by atoms with van der Waals surface area (Å²) in [5.74, 6) is -1.95. The highest BCUT2D eigenvalue weighted by Crippen LogP contribution is 2.33. The van der Waals surface area contributed by atoms with E-state index in [4.69, 9.17) is 4.74 Å². The van der Waals surface area contributed by atoms with E-state index in [9.17, 15) is 23.1 Å². The fourth-order valence-corrected chi connectivity index (χ4v) is 3.27. The number of nitrogens with one attached hydrogen (secondary N) is 1. The normalized spacial score (nSPS) is 12.0. The average molecular weight is 465 g/mol. The van der Waals surface area contributed by atoms with Gasteiger partial charge in [0.05, 0.1) is 11.3 Å². The number of carbonyl (C=O) groups excluding carboxylic acids is 1. The summed E-state index contributed by atoms with van der Waals surface area (Å²) in [7, 11) is 1.59. The highest BCUT2D eigenvalue weighted by Gasteiger charge is 2.30. The van der Waals surface area contributed by atoms with Crippen molar-refractivity contribution in [3.05, 3.63) is 65.4 Å². The number of imidazole rings is 1. The summed E-state index contributed by atoms with van der Waals surface area (Å²) in [5.41, 5.74) is -0.712. The summed E-state index contributed by atoms with van der Waals surface area (Å²) >= 11 is 0. The minimum Gasteiger partial charge on any atom is -0.483 e. The van der Waals surface area contributed by atoms with Crippen molar-refractivity contribution < 1.29 is 32.2 Å². The number of halogens is 4. The molecule has 0 aliphatic carbocycles. The molecule has 0 unspecified atom stereocenters. The first-order chi connectivity index (χ1) is 15.3. The maximum absolute atomic E-state index is 15.0. The highest BCUT2D eigenvalue weighted by molar-refractivity contribution is 6.07. The number of hydrogen-bond acceptors (Lipinski definition) is 4. The van der Waals surface area contributed by atoms with Crippen molar-refractivity contribution in [3.63, 3.8) is 0 Å². The van der Waals surface area contributed by atoms with E-state index in [1.807, 2.05) is 0 Å². The molecular weight excluding hydrogens is 442 g/mol. The Hall–Kier alpha value is -3.40. The van der Waals surface area contributed by atoms with Crippen LogP contribution in [-0.2, 0) is 12.6 Å². The number of hydrogen-bond donors (Lipinski definition) is 2. The van der Waals surface area contributed by atoms with E-state index < -0.39 is 41.4 Å². The lowest BCUT2D eigenvalue weighted by atomic mass is 10.1. The number of aromatic nitrogens is 2. The van der Waals surface area contributed by atoms with Gasteiger partial charge in [-0.15, -0.1) is 0 Å². The molecule has 3 aromatic rings. The lowest BCUT2D eigenvalue weighted by Crippen LogP contribution is -2.21. The second-order valence-corrected chi connectivity index (χ2v) is 8.12. The third kappa shape index (κ3) is 5.70. The summed E-state index contributed by atoms with van der Waals surface area (Å²) in [6.07, 6.45) is -3.25. The van der Waals surface area contributed by atoms with Crippen LogP contribution in [0.3, 0.4) is 0 Å². The number of benzene rings is 2. The molecule has 1 heterocycles.